The van der Waals surface area contributed by atoms with Crippen LogP contribution in [0.5, 0.6) is 0 Å². The molecule has 0 fully saturated rings. The molecule has 0 aromatic heterocycles. The maximum atomic E-state index is 10.1. The van der Waals surface area contributed by atoms with Gasteiger partial charge in [-0.25, -0.2) is 4.79 Å². The number of ether oxygens (including phenoxy) is 1. The number of Topliss-reactive ketones (excluding diaryl/α,β-unsaturated/α-hetero) is 1. The van der Waals surface area contributed by atoms with Crippen LogP contribution in [-0.2, 0) is 19.1 Å². The first-order valence-electron chi connectivity index (χ1n) is 4.27. The molecule has 2 N–H and O–H groups in total. The van der Waals surface area contributed by atoms with Gasteiger partial charge in [-0.1, -0.05) is 0 Å². The molecule has 0 aromatic rings. The highest BCUT2D eigenvalue weighted by molar-refractivity contribution is 5.79. The van der Waals surface area contributed by atoms with Crippen molar-refractivity contribution in [3.63, 3.8) is 0 Å². The summed E-state index contributed by atoms with van der Waals surface area (Å²) in [6, 6.07) is 0. The van der Waals surface area contributed by atoms with E-state index >= 15 is 0 Å². The van der Waals surface area contributed by atoms with E-state index in [9.17, 15) is 14.4 Å². The molecule has 0 spiro atoms. The van der Waals surface area contributed by atoms with Gasteiger partial charge in [-0.3, -0.25) is 9.59 Å². The molecule has 88 valence electrons. The number of carbonyl (C=O) groups excluding carboxylic acids is 2. The van der Waals surface area contributed by atoms with Crippen molar-refractivity contribution < 1.29 is 29.3 Å². The Morgan fingerprint density at radius 2 is 1.47 bits per heavy atom. The molecule has 0 saturated carbocycles. The van der Waals surface area contributed by atoms with E-state index in [1.807, 2.05) is 0 Å². The highest BCUT2D eigenvalue weighted by Crippen LogP contribution is 1.89. The van der Waals surface area contributed by atoms with E-state index in [0.717, 1.165) is 0 Å². The zero-order valence-corrected chi connectivity index (χ0v) is 9.18. The van der Waals surface area contributed by atoms with Crippen LogP contribution in [0.4, 0.5) is 0 Å². The lowest BCUT2D eigenvalue weighted by atomic mass is 10.3. The maximum absolute atomic E-state index is 10.1. The molecule has 0 aromatic carbocycles. The molecule has 15 heavy (non-hydrogen) atoms. The fourth-order valence-corrected chi connectivity index (χ4v) is 0.299. The van der Waals surface area contributed by atoms with Gasteiger partial charge >= 0.3 is 11.9 Å². The molecule has 0 heterocycles. The number of aliphatic carboxylic acids is 1. The fraction of sp³-hybridized carbons (Fsp3) is 0.667. The van der Waals surface area contributed by atoms with E-state index in [2.05, 4.69) is 4.74 Å². The summed E-state index contributed by atoms with van der Waals surface area (Å²) in [4.78, 5) is 29.9. The number of ketones is 1. The molecule has 2 atom stereocenters. The van der Waals surface area contributed by atoms with Gasteiger partial charge in [0.1, 0.15) is 6.10 Å². The maximum Gasteiger partial charge on any atom is 0.344 e. The summed E-state index contributed by atoms with van der Waals surface area (Å²) in [5.74, 6) is -1.90. The van der Waals surface area contributed by atoms with Gasteiger partial charge in [-0.15, -0.1) is 0 Å². The van der Waals surface area contributed by atoms with Gasteiger partial charge in [0.2, 0.25) is 0 Å². The van der Waals surface area contributed by atoms with Gasteiger partial charge in [0, 0.05) is 6.92 Å². The standard InChI is InChI=1S/C5H8O4.C4H8O2/c1-3(5(7)8)9-4(2)6;1-3(5)4(2)6/h3H,1-2H3,(H,7,8);3,5H,1-2H3. The lowest BCUT2D eigenvalue weighted by molar-refractivity contribution is -0.161. The molecular formula is C9H16O6. The number of aliphatic hydroxyl groups excluding tert-OH is 1. The smallest absolute Gasteiger partial charge is 0.344 e. The minimum absolute atomic E-state index is 0.185. The normalized spacial score (nSPS) is 12.9. The number of carboxylic acids is 1. The van der Waals surface area contributed by atoms with Crippen molar-refractivity contribution in [2.75, 3.05) is 0 Å². The van der Waals surface area contributed by atoms with Gasteiger partial charge in [-0.05, 0) is 20.8 Å². The molecule has 0 aliphatic rings. The van der Waals surface area contributed by atoms with Crippen LogP contribution in [0.2, 0.25) is 0 Å². The van der Waals surface area contributed by atoms with Crippen LogP contribution in [-0.4, -0.2) is 40.1 Å². The van der Waals surface area contributed by atoms with Crippen LogP contribution in [0, 0.1) is 0 Å². The van der Waals surface area contributed by atoms with E-state index < -0.39 is 24.1 Å². The van der Waals surface area contributed by atoms with Gasteiger partial charge in [0.05, 0.1) is 0 Å². The van der Waals surface area contributed by atoms with E-state index in [0.29, 0.717) is 0 Å². The third-order valence-electron chi connectivity index (χ3n) is 1.28. The molecule has 2 unspecified atom stereocenters. The molecule has 6 heteroatoms. The highest BCUT2D eigenvalue weighted by atomic mass is 16.6. The van der Waals surface area contributed by atoms with E-state index in [1.165, 1.54) is 27.7 Å². The minimum Gasteiger partial charge on any atom is -0.479 e. The molecule has 0 aliphatic heterocycles. The second-order valence-electron chi connectivity index (χ2n) is 2.88. The minimum atomic E-state index is -1.13. The average molecular weight is 220 g/mol. The summed E-state index contributed by atoms with van der Waals surface area (Å²) >= 11 is 0. The first-order chi connectivity index (χ1) is 6.68. The van der Waals surface area contributed by atoms with Crippen molar-refractivity contribution in [2.45, 2.75) is 39.9 Å². The number of carbonyl (C=O) groups is 3. The van der Waals surface area contributed by atoms with Crippen molar-refractivity contribution in [3.05, 3.63) is 0 Å². The van der Waals surface area contributed by atoms with Crippen LogP contribution in [0.25, 0.3) is 0 Å². The van der Waals surface area contributed by atoms with Crippen LogP contribution in [0.15, 0.2) is 0 Å². The second-order valence-corrected chi connectivity index (χ2v) is 2.88. The zero-order chi connectivity index (χ0) is 12.6. The van der Waals surface area contributed by atoms with Gasteiger partial charge in [-0.2, -0.15) is 0 Å². The van der Waals surface area contributed by atoms with Crippen molar-refractivity contribution >= 4 is 17.7 Å². The Bertz CT molecular complexity index is 233. The third kappa shape index (κ3) is 12.6. The number of carboxylic acid groups (broad SMARTS) is 1. The molecule has 0 bridgehead atoms. The molecule has 0 radical (unpaired) electrons. The van der Waals surface area contributed by atoms with Gasteiger partial charge in [0.15, 0.2) is 11.9 Å². The van der Waals surface area contributed by atoms with E-state index in [1.54, 1.807) is 0 Å². The SMILES string of the molecule is CC(=O)C(C)O.CC(=O)OC(C)C(=O)O. The Hall–Kier alpha value is -1.43. The van der Waals surface area contributed by atoms with Crippen molar-refractivity contribution in [3.8, 4) is 0 Å². The summed E-state index contributed by atoms with van der Waals surface area (Å²) in [7, 11) is 0. The Kier molecular flexibility index (Phi) is 8.46. The summed E-state index contributed by atoms with van der Waals surface area (Å²) in [5.41, 5.74) is 0. The fourth-order valence-electron chi connectivity index (χ4n) is 0.299. The average Bonchev–Trinajstić information content (AvgIpc) is 2.03. The molecular weight excluding hydrogens is 204 g/mol. The van der Waals surface area contributed by atoms with Crippen LogP contribution >= 0.6 is 0 Å². The molecule has 0 amide bonds. The topological polar surface area (TPSA) is 101 Å². The van der Waals surface area contributed by atoms with E-state index in [-0.39, 0.29) is 5.78 Å². The van der Waals surface area contributed by atoms with Crippen LogP contribution in [0.3, 0.4) is 0 Å². The Morgan fingerprint density at radius 3 is 1.53 bits per heavy atom. The van der Waals surface area contributed by atoms with Crippen LogP contribution in [0.1, 0.15) is 27.7 Å². The second kappa shape index (κ2) is 7.93. The lowest BCUT2D eigenvalue weighted by Crippen LogP contribution is -2.21. The summed E-state index contributed by atoms with van der Waals surface area (Å²) in [6.07, 6.45) is -1.83. The Balaban J connectivity index is 0. The molecule has 0 rings (SSSR count). The molecule has 0 aliphatic carbocycles. The van der Waals surface area contributed by atoms with Crippen molar-refractivity contribution in [1.82, 2.24) is 0 Å². The number of hydrogen-bond donors (Lipinski definition) is 2. The summed E-state index contributed by atoms with van der Waals surface area (Å²) in [5, 5.41) is 16.4. The number of esters is 1. The first-order valence-corrected chi connectivity index (χ1v) is 4.27. The third-order valence-corrected chi connectivity index (χ3v) is 1.28. The first kappa shape index (κ1) is 16.0. The highest BCUT2D eigenvalue weighted by Gasteiger charge is 2.12. The van der Waals surface area contributed by atoms with E-state index in [4.69, 9.17) is 10.2 Å². The quantitative estimate of drug-likeness (QED) is 0.648. The summed E-state index contributed by atoms with van der Waals surface area (Å²) < 4.78 is 4.27. The predicted molar refractivity (Wildman–Crippen MR) is 51.2 cm³/mol. The largest absolute Gasteiger partial charge is 0.479 e. The molecule has 6 nitrogen and oxygen atoms in total. The number of aliphatic hydroxyl groups is 1. The number of rotatable bonds is 3. The van der Waals surface area contributed by atoms with Crippen molar-refractivity contribution in [1.29, 1.82) is 0 Å². The lowest BCUT2D eigenvalue weighted by Gasteiger charge is -2.04. The monoisotopic (exact) mass is 220 g/mol. The van der Waals surface area contributed by atoms with Gasteiger partial charge in [0.25, 0.3) is 0 Å². The van der Waals surface area contributed by atoms with Crippen molar-refractivity contribution in [2.24, 2.45) is 0 Å². The zero-order valence-electron chi connectivity index (χ0n) is 9.18. The molecule has 0 saturated heterocycles. The Morgan fingerprint density at radius 1 is 1.13 bits per heavy atom. The predicted octanol–water partition coefficient (Wildman–Crippen LogP) is -0.0212. The number of hydrogen-bond acceptors (Lipinski definition) is 5. The summed E-state index contributed by atoms with van der Waals surface area (Å²) in [6.45, 7) is 5.26. The van der Waals surface area contributed by atoms with Crippen LogP contribution < -0.4 is 0 Å². The van der Waals surface area contributed by atoms with Gasteiger partial charge < -0.3 is 14.9 Å². The Labute approximate surface area is 87.9 Å².